The van der Waals surface area contributed by atoms with E-state index in [1.807, 2.05) is 0 Å². The van der Waals surface area contributed by atoms with Crippen LogP contribution in [-0.4, -0.2) is 75.5 Å². The van der Waals surface area contributed by atoms with E-state index in [1.165, 1.54) is 44.9 Å². The van der Waals surface area contributed by atoms with Crippen molar-refractivity contribution < 1.29 is 38.2 Å². The number of rotatable bonds is 42. The molecule has 0 aliphatic carbocycles. The van der Waals surface area contributed by atoms with Gasteiger partial charge in [-0.15, -0.1) is 0 Å². The number of aliphatic carboxylic acids is 1. The summed E-state index contributed by atoms with van der Waals surface area (Å²) in [6, 6.07) is -0.740. The molecule has 0 spiro atoms. The lowest BCUT2D eigenvalue weighted by molar-refractivity contribution is -0.889. The molecular formula is C54H89NO7. The molecule has 0 fully saturated rings. The molecule has 0 aromatic carbocycles. The van der Waals surface area contributed by atoms with Crippen molar-refractivity contribution in [2.45, 2.75) is 187 Å². The quantitative estimate of drug-likeness (QED) is 0.0261. The third-order valence-corrected chi connectivity index (χ3v) is 10.2. The molecule has 0 saturated carbocycles. The van der Waals surface area contributed by atoms with Gasteiger partial charge in [0, 0.05) is 19.3 Å². The van der Waals surface area contributed by atoms with Crippen LogP contribution in [0.25, 0.3) is 0 Å². The molecule has 8 heteroatoms. The largest absolute Gasteiger partial charge is 0.544 e. The highest BCUT2D eigenvalue weighted by molar-refractivity contribution is 5.70. The third-order valence-electron chi connectivity index (χ3n) is 10.2. The minimum atomic E-state index is -1.14. The average molecular weight is 864 g/mol. The molecule has 0 aliphatic heterocycles. The molecule has 0 aliphatic rings. The molecule has 62 heavy (non-hydrogen) atoms. The first-order chi connectivity index (χ1) is 30.1. The number of quaternary nitrogens is 1. The van der Waals surface area contributed by atoms with Gasteiger partial charge in [-0.25, -0.2) is 0 Å². The Bertz CT molecular complexity index is 1330. The highest BCUT2D eigenvalue weighted by Crippen LogP contribution is 2.13. The molecular weight excluding hydrogens is 775 g/mol. The lowest BCUT2D eigenvalue weighted by Crippen LogP contribution is -2.55. The number of hydrogen-bond donors (Lipinski definition) is 0. The van der Waals surface area contributed by atoms with Crippen LogP contribution in [-0.2, 0) is 28.6 Å². The number of hydrogen-bond acceptors (Lipinski definition) is 7. The fraction of sp³-hybridized carbons (Fsp3) is 0.648. The zero-order valence-electron chi connectivity index (χ0n) is 40.0. The minimum absolute atomic E-state index is 0.0174. The topological polar surface area (TPSA) is 102 Å². The van der Waals surface area contributed by atoms with E-state index in [2.05, 4.69) is 111 Å². The van der Waals surface area contributed by atoms with Crippen molar-refractivity contribution in [3.63, 3.8) is 0 Å². The lowest BCUT2D eigenvalue weighted by Gasteiger charge is -2.34. The monoisotopic (exact) mass is 864 g/mol. The van der Waals surface area contributed by atoms with Crippen LogP contribution in [0.5, 0.6) is 0 Å². The van der Waals surface area contributed by atoms with Crippen LogP contribution in [0.3, 0.4) is 0 Å². The van der Waals surface area contributed by atoms with Crippen molar-refractivity contribution in [1.82, 2.24) is 0 Å². The van der Waals surface area contributed by atoms with Gasteiger partial charge in [0.1, 0.15) is 12.6 Å². The van der Waals surface area contributed by atoms with Gasteiger partial charge in [-0.1, -0.05) is 156 Å². The number of ether oxygens (including phenoxy) is 3. The van der Waals surface area contributed by atoms with Crippen LogP contribution in [0, 0.1) is 0 Å². The van der Waals surface area contributed by atoms with E-state index < -0.39 is 18.1 Å². The molecule has 0 aromatic heterocycles. The van der Waals surface area contributed by atoms with Crippen LogP contribution < -0.4 is 5.11 Å². The maximum absolute atomic E-state index is 12.8. The van der Waals surface area contributed by atoms with Crippen molar-refractivity contribution in [2.24, 2.45) is 0 Å². The van der Waals surface area contributed by atoms with Gasteiger partial charge in [-0.3, -0.25) is 9.59 Å². The fourth-order valence-electron chi connectivity index (χ4n) is 6.46. The van der Waals surface area contributed by atoms with Crippen LogP contribution in [0.1, 0.15) is 174 Å². The Labute approximate surface area is 379 Å². The minimum Gasteiger partial charge on any atom is -0.544 e. The number of carbonyl (C=O) groups excluding carboxylic acids is 3. The number of allylic oxidation sites excluding steroid dienone is 16. The average Bonchev–Trinajstić information content (AvgIpc) is 3.23. The summed E-state index contributed by atoms with van der Waals surface area (Å²) in [4.78, 5) is 37.0. The van der Waals surface area contributed by atoms with E-state index in [0.29, 0.717) is 12.8 Å². The highest BCUT2D eigenvalue weighted by Gasteiger charge is 2.25. The molecule has 0 N–H and O–H groups in total. The first-order valence-corrected chi connectivity index (χ1v) is 24.3. The predicted octanol–water partition coefficient (Wildman–Crippen LogP) is 12.5. The van der Waals surface area contributed by atoms with Crippen molar-refractivity contribution in [3.8, 4) is 0 Å². The maximum atomic E-state index is 12.8. The maximum Gasteiger partial charge on any atom is 0.306 e. The van der Waals surface area contributed by atoms with Gasteiger partial charge in [0.15, 0.2) is 6.10 Å². The standard InChI is InChI=1S/C54H89NO7/c1-6-8-10-12-14-16-18-20-22-24-25-26-27-29-30-32-34-36-38-40-42-44-52(56)61-49-50(48-60-47-46-51(54(58)59)55(3,4)5)62-53(57)45-43-41-39-37-35-33-31-28-23-21-19-17-15-13-11-9-7-2/h8,10,14-17,20-23,25-26,29-30,34,36,50-51H,6-7,9,11-13,18-19,24,27-28,31-33,35,37-49H2,1-5H3/b10-8+,16-14+,17-15+,22-20+,23-21+,26-25+,30-29+,36-34+. The SMILES string of the molecule is CC/C=C/C/C=C/C/C=C/C/C=C/C/C=C/C/C=C/CCCCC(=O)OCC(COCCC(C(=O)[O-])[N+](C)(C)C)OC(=O)CCCCCCCCC/C=C/C/C=C/CCCCC. The van der Waals surface area contributed by atoms with Crippen LogP contribution in [0.15, 0.2) is 97.2 Å². The van der Waals surface area contributed by atoms with Crippen LogP contribution >= 0.6 is 0 Å². The molecule has 0 aromatic rings. The Morgan fingerprint density at radius 2 is 0.903 bits per heavy atom. The van der Waals surface area contributed by atoms with Crippen LogP contribution in [0.4, 0.5) is 0 Å². The summed E-state index contributed by atoms with van der Waals surface area (Å²) in [5.41, 5.74) is 0. The lowest BCUT2D eigenvalue weighted by atomic mass is 10.1. The van der Waals surface area contributed by atoms with Crippen molar-refractivity contribution >= 4 is 17.9 Å². The molecule has 352 valence electrons. The molecule has 2 atom stereocenters. The van der Waals surface area contributed by atoms with Gasteiger partial charge in [-0.2, -0.15) is 0 Å². The number of unbranched alkanes of at least 4 members (excludes halogenated alkanes) is 12. The number of nitrogens with zero attached hydrogens (tertiary/aromatic N) is 1. The van der Waals surface area contributed by atoms with Gasteiger partial charge in [0.2, 0.25) is 0 Å². The van der Waals surface area contributed by atoms with Gasteiger partial charge in [-0.05, 0) is 96.3 Å². The van der Waals surface area contributed by atoms with E-state index in [0.717, 1.165) is 89.9 Å². The smallest absolute Gasteiger partial charge is 0.306 e. The number of likely N-dealkylation sites (N-methyl/N-ethyl adjacent to an activating group) is 1. The summed E-state index contributed by atoms with van der Waals surface area (Å²) in [6.07, 6.45) is 58.6. The number of carboxylic acid groups (broad SMARTS) is 1. The van der Waals surface area contributed by atoms with E-state index in [-0.39, 0.29) is 49.1 Å². The van der Waals surface area contributed by atoms with Crippen molar-refractivity contribution in [1.29, 1.82) is 0 Å². The summed E-state index contributed by atoms with van der Waals surface area (Å²) in [6.45, 7) is 4.46. The van der Waals surface area contributed by atoms with Gasteiger partial charge >= 0.3 is 11.9 Å². The molecule has 0 saturated heterocycles. The first kappa shape index (κ1) is 58.2. The van der Waals surface area contributed by atoms with Crippen molar-refractivity contribution in [2.75, 3.05) is 41.0 Å². The van der Waals surface area contributed by atoms with E-state index in [4.69, 9.17) is 14.2 Å². The summed E-state index contributed by atoms with van der Waals surface area (Å²) in [5.74, 6) is -1.81. The normalized spacial score (nSPS) is 13.8. The van der Waals surface area contributed by atoms with Crippen molar-refractivity contribution in [3.05, 3.63) is 97.2 Å². The number of carboxylic acids is 1. The fourth-order valence-corrected chi connectivity index (χ4v) is 6.46. The summed E-state index contributed by atoms with van der Waals surface area (Å²) >= 11 is 0. The Morgan fingerprint density at radius 1 is 0.500 bits per heavy atom. The predicted molar refractivity (Wildman–Crippen MR) is 258 cm³/mol. The van der Waals surface area contributed by atoms with Gasteiger partial charge < -0.3 is 28.6 Å². The molecule has 2 unspecified atom stereocenters. The van der Waals surface area contributed by atoms with Crippen LogP contribution in [0.2, 0.25) is 0 Å². The Hall–Kier alpha value is -3.75. The number of carbonyl (C=O) groups is 3. The summed E-state index contributed by atoms with van der Waals surface area (Å²) in [7, 11) is 5.39. The zero-order valence-corrected chi connectivity index (χ0v) is 40.0. The molecule has 0 radical (unpaired) electrons. The van der Waals surface area contributed by atoms with E-state index in [1.54, 1.807) is 21.1 Å². The Morgan fingerprint density at radius 3 is 1.37 bits per heavy atom. The second-order valence-electron chi connectivity index (χ2n) is 17.0. The molecule has 0 amide bonds. The highest BCUT2D eigenvalue weighted by atomic mass is 16.6. The zero-order chi connectivity index (χ0) is 45.6. The van der Waals surface area contributed by atoms with Gasteiger partial charge in [0.05, 0.1) is 40.3 Å². The Balaban J connectivity index is 4.41. The molecule has 0 bridgehead atoms. The second kappa shape index (κ2) is 43.9. The molecule has 0 rings (SSSR count). The molecule has 0 heterocycles. The second-order valence-corrected chi connectivity index (χ2v) is 17.0. The van der Waals surface area contributed by atoms with E-state index in [9.17, 15) is 19.5 Å². The van der Waals surface area contributed by atoms with Gasteiger partial charge in [0.25, 0.3) is 0 Å². The number of esters is 2. The third kappa shape index (κ3) is 41.6. The first-order valence-electron chi connectivity index (χ1n) is 24.3. The molecule has 8 nitrogen and oxygen atoms in total. The summed E-state index contributed by atoms with van der Waals surface area (Å²) < 4.78 is 17.2. The van der Waals surface area contributed by atoms with E-state index >= 15 is 0 Å². The Kier molecular flexibility index (Phi) is 41.2. The summed E-state index contributed by atoms with van der Waals surface area (Å²) in [5, 5.41) is 11.7.